The number of methoxy groups -OCH3 is 1. The predicted molar refractivity (Wildman–Crippen MR) is 83.3 cm³/mol. The minimum Gasteiger partial charge on any atom is -0.464 e. The summed E-state index contributed by atoms with van der Waals surface area (Å²) in [5, 5.41) is 9.10. The molecule has 0 saturated carbocycles. The van der Waals surface area contributed by atoms with E-state index in [2.05, 4.69) is 4.74 Å². The van der Waals surface area contributed by atoms with Crippen molar-refractivity contribution in [2.45, 2.75) is 0 Å². The van der Waals surface area contributed by atoms with Crippen molar-refractivity contribution >= 4 is 23.5 Å². The highest BCUT2D eigenvalue weighted by molar-refractivity contribution is 6.00. The topological polar surface area (TPSA) is 167 Å². The van der Waals surface area contributed by atoms with E-state index in [1.54, 1.807) is 0 Å². The van der Waals surface area contributed by atoms with Crippen molar-refractivity contribution in [3.63, 3.8) is 0 Å². The molecule has 2 aromatic rings. The molecule has 0 spiro atoms. The molecular weight excluding hydrogens is 314 g/mol. The normalized spacial score (nSPS) is 10.0. The number of nitriles is 1. The second kappa shape index (κ2) is 6.13. The van der Waals surface area contributed by atoms with E-state index in [1.165, 1.54) is 29.0 Å². The maximum absolute atomic E-state index is 12.0. The predicted octanol–water partition coefficient (Wildman–Crippen LogP) is -0.0844. The minimum absolute atomic E-state index is 0.00268. The molecule has 0 aliphatic rings. The number of aromatic nitrogens is 1. The van der Waals surface area contributed by atoms with Crippen LogP contribution in [-0.4, -0.2) is 29.5 Å². The summed E-state index contributed by atoms with van der Waals surface area (Å²) in [7, 11) is 1.15. The smallest absolute Gasteiger partial charge is 0.357 e. The van der Waals surface area contributed by atoms with Crippen molar-refractivity contribution in [2.75, 3.05) is 12.8 Å². The van der Waals surface area contributed by atoms with E-state index in [-0.39, 0.29) is 33.8 Å². The Hall–Kier alpha value is -3.80. The SMILES string of the molecule is COC(=O)c1c(N)c(C#N)cn1-c1cc(C(N)=O)cc(C(N)=O)c1. The van der Waals surface area contributed by atoms with E-state index >= 15 is 0 Å². The molecule has 9 heteroatoms. The summed E-state index contributed by atoms with van der Waals surface area (Å²) in [6.07, 6.45) is 1.28. The highest BCUT2D eigenvalue weighted by Gasteiger charge is 2.22. The molecule has 0 bridgehead atoms. The molecular formula is C15H13N5O4. The molecule has 0 radical (unpaired) electrons. The summed E-state index contributed by atoms with van der Waals surface area (Å²) >= 11 is 0. The lowest BCUT2D eigenvalue weighted by molar-refractivity contribution is 0.0592. The zero-order chi connectivity index (χ0) is 18.0. The molecule has 0 aliphatic carbocycles. The van der Waals surface area contributed by atoms with Crippen LogP contribution in [0.1, 0.15) is 36.8 Å². The van der Waals surface area contributed by atoms with Crippen LogP contribution in [0.25, 0.3) is 5.69 Å². The molecule has 2 rings (SSSR count). The van der Waals surface area contributed by atoms with Crippen LogP contribution in [-0.2, 0) is 4.74 Å². The Bertz CT molecular complexity index is 875. The molecule has 1 aromatic carbocycles. The number of amides is 2. The Morgan fingerprint density at radius 3 is 2.08 bits per heavy atom. The van der Waals surface area contributed by atoms with Crippen molar-refractivity contribution in [2.24, 2.45) is 11.5 Å². The van der Waals surface area contributed by atoms with Crippen LogP contribution in [0.5, 0.6) is 0 Å². The van der Waals surface area contributed by atoms with Gasteiger partial charge in [-0.05, 0) is 18.2 Å². The number of hydrogen-bond acceptors (Lipinski definition) is 6. The number of carbonyl (C=O) groups is 3. The van der Waals surface area contributed by atoms with Gasteiger partial charge in [0, 0.05) is 23.0 Å². The summed E-state index contributed by atoms with van der Waals surface area (Å²) in [6.45, 7) is 0. The van der Waals surface area contributed by atoms with Gasteiger partial charge in [0.15, 0.2) is 5.69 Å². The van der Waals surface area contributed by atoms with Crippen LogP contribution >= 0.6 is 0 Å². The number of nitrogen functional groups attached to an aromatic ring is 1. The van der Waals surface area contributed by atoms with Crippen molar-refractivity contribution in [3.05, 3.63) is 46.8 Å². The van der Waals surface area contributed by atoms with Crippen LogP contribution in [0.4, 0.5) is 5.69 Å². The lowest BCUT2D eigenvalue weighted by Gasteiger charge is -2.11. The quantitative estimate of drug-likeness (QED) is 0.663. The lowest BCUT2D eigenvalue weighted by atomic mass is 10.1. The van der Waals surface area contributed by atoms with Crippen molar-refractivity contribution in [1.82, 2.24) is 4.57 Å². The Morgan fingerprint density at radius 1 is 1.12 bits per heavy atom. The van der Waals surface area contributed by atoms with Crippen LogP contribution < -0.4 is 17.2 Å². The van der Waals surface area contributed by atoms with Crippen LogP contribution in [0.3, 0.4) is 0 Å². The first-order valence-corrected chi connectivity index (χ1v) is 6.54. The first-order valence-electron chi connectivity index (χ1n) is 6.54. The number of esters is 1. The number of anilines is 1. The van der Waals surface area contributed by atoms with Gasteiger partial charge in [0.05, 0.1) is 18.4 Å². The van der Waals surface area contributed by atoms with Crippen LogP contribution in [0.2, 0.25) is 0 Å². The number of primary amides is 2. The van der Waals surface area contributed by atoms with Gasteiger partial charge in [0.1, 0.15) is 6.07 Å². The van der Waals surface area contributed by atoms with E-state index in [9.17, 15) is 14.4 Å². The fourth-order valence-corrected chi connectivity index (χ4v) is 2.15. The second-order valence-electron chi connectivity index (χ2n) is 4.78. The van der Waals surface area contributed by atoms with Crippen LogP contribution in [0.15, 0.2) is 24.4 Å². The second-order valence-corrected chi connectivity index (χ2v) is 4.78. The lowest BCUT2D eigenvalue weighted by Crippen LogP contribution is -2.17. The van der Waals surface area contributed by atoms with Gasteiger partial charge in [0.25, 0.3) is 0 Å². The standard InChI is InChI=1S/C15H13N5O4/c1-24-15(23)12-11(17)9(5-16)6-20(12)10-3-7(13(18)21)2-8(4-10)14(19)22/h2-4,6H,17H2,1H3,(H2,18,21)(H2,19,22). The van der Waals surface area contributed by atoms with Gasteiger partial charge in [-0.15, -0.1) is 0 Å². The Kier molecular flexibility index (Phi) is 4.23. The summed E-state index contributed by atoms with van der Waals surface area (Å²) in [5.41, 5.74) is 16.3. The average Bonchev–Trinajstić information content (AvgIpc) is 2.90. The van der Waals surface area contributed by atoms with E-state index < -0.39 is 17.8 Å². The molecule has 9 nitrogen and oxygen atoms in total. The summed E-state index contributed by atoms with van der Waals surface area (Å²) in [4.78, 5) is 34.9. The van der Waals surface area contributed by atoms with Gasteiger partial charge in [-0.25, -0.2) is 4.79 Å². The van der Waals surface area contributed by atoms with Gasteiger partial charge < -0.3 is 26.5 Å². The molecule has 1 heterocycles. The molecule has 0 fully saturated rings. The van der Waals surface area contributed by atoms with Gasteiger partial charge in [-0.1, -0.05) is 0 Å². The van der Waals surface area contributed by atoms with Crippen molar-refractivity contribution in [1.29, 1.82) is 5.26 Å². The monoisotopic (exact) mass is 327 g/mol. The molecule has 24 heavy (non-hydrogen) atoms. The third-order valence-electron chi connectivity index (χ3n) is 3.31. The highest BCUT2D eigenvalue weighted by atomic mass is 16.5. The highest BCUT2D eigenvalue weighted by Crippen LogP contribution is 2.26. The molecule has 6 N–H and O–H groups in total. The Balaban J connectivity index is 2.81. The molecule has 0 atom stereocenters. The fourth-order valence-electron chi connectivity index (χ4n) is 2.15. The van der Waals surface area contributed by atoms with Gasteiger partial charge in [-0.2, -0.15) is 5.26 Å². The van der Waals surface area contributed by atoms with Crippen molar-refractivity contribution in [3.8, 4) is 11.8 Å². The summed E-state index contributed by atoms with van der Waals surface area (Å²) in [5.74, 6) is -2.38. The van der Waals surface area contributed by atoms with Gasteiger partial charge in [-0.3, -0.25) is 9.59 Å². The molecule has 0 unspecified atom stereocenters. The van der Waals surface area contributed by atoms with Gasteiger partial charge in [0.2, 0.25) is 11.8 Å². The Morgan fingerprint density at radius 2 is 1.67 bits per heavy atom. The third-order valence-corrected chi connectivity index (χ3v) is 3.31. The number of nitrogens with zero attached hydrogens (tertiary/aromatic N) is 2. The maximum Gasteiger partial charge on any atom is 0.357 e. The zero-order valence-electron chi connectivity index (χ0n) is 12.6. The first-order chi connectivity index (χ1) is 11.3. The largest absolute Gasteiger partial charge is 0.464 e. The number of hydrogen-bond donors (Lipinski definition) is 3. The van der Waals surface area contributed by atoms with E-state index in [1.807, 2.05) is 6.07 Å². The fraction of sp³-hybridized carbons (Fsp3) is 0.0667. The minimum atomic E-state index is -0.792. The molecule has 1 aromatic heterocycles. The molecule has 0 aliphatic heterocycles. The number of rotatable bonds is 4. The number of ether oxygens (including phenoxy) is 1. The maximum atomic E-state index is 12.0. The Labute approximate surface area is 136 Å². The number of benzene rings is 1. The van der Waals surface area contributed by atoms with E-state index in [0.29, 0.717) is 0 Å². The number of carbonyl (C=O) groups excluding carboxylic acids is 3. The molecule has 0 saturated heterocycles. The number of nitrogens with two attached hydrogens (primary N) is 3. The molecule has 122 valence electrons. The first kappa shape index (κ1) is 16.6. The zero-order valence-corrected chi connectivity index (χ0v) is 12.6. The third kappa shape index (κ3) is 2.76. The van der Waals surface area contributed by atoms with Crippen LogP contribution in [0, 0.1) is 11.3 Å². The van der Waals surface area contributed by atoms with Gasteiger partial charge >= 0.3 is 5.97 Å². The summed E-state index contributed by atoms with van der Waals surface area (Å²) in [6, 6.07) is 5.74. The summed E-state index contributed by atoms with van der Waals surface area (Å²) < 4.78 is 5.89. The van der Waals surface area contributed by atoms with E-state index in [0.717, 1.165) is 7.11 Å². The van der Waals surface area contributed by atoms with Crippen molar-refractivity contribution < 1.29 is 19.1 Å². The van der Waals surface area contributed by atoms with E-state index in [4.69, 9.17) is 22.5 Å². The average molecular weight is 327 g/mol. The molecule has 2 amide bonds.